The van der Waals surface area contributed by atoms with Gasteiger partial charge in [-0.1, -0.05) is 24.3 Å². The molecule has 76 valence electrons. The monoisotopic (exact) mass is 202 g/mol. The van der Waals surface area contributed by atoms with Gasteiger partial charge < -0.3 is 9.84 Å². The summed E-state index contributed by atoms with van der Waals surface area (Å²) in [6.07, 6.45) is 0. The second kappa shape index (κ2) is 3.10. The van der Waals surface area contributed by atoms with Gasteiger partial charge in [0.25, 0.3) is 5.56 Å². The Hall–Kier alpha value is -1.81. The molecular weight excluding hydrogens is 192 g/mol. The minimum Gasteiger partial charge on any atom is -0.381 e. The lowest BCUT2D eigenvalue weighted by molar-refractivity contribution is 0.370. The van der Waals surface area contributed by atoms with Crippen LogP contribution in [-0.2, 0) is 13.1 Å². The molecule has 0 radical (unpaired) electrons. The molecule has 0 saturated carbocycles. The van der Waals surface area contributed by atoms with E-state index in [1.807, 2.05) is 24.3 Å². The summed E-state index contributed by atoms with van der Waals surface area (Å²) in [4.78, 5) is 11.6. The highest BCUT2D eigenvalue weighted by molar-refractivity contribution is 5.68. The molecule has 0 bridgehead atoms. The molecule has 2 aromatic rings. The summed E-state index contributed by atoms with van der Waals surface area (Å²) in [5, 5.41) is 5.60. The fraction of sp³-hybridized carbons (Fsp3) is 0.182. The molecule has 0 fully saturated rings. The van der Waals surface area contributed by atoms with E-state index in [4.69, 9.17) is 4.52 Å². The van der Waals surface area contributed by atoms with Gasteiger partial charge in [0.15, 0.2) is 5.76 Å². The molecule has 0 amide bonds. The number of benzene rings is 1. The van der Waals surface area contributed by atoms with Gasteiger partial charge in [0.1, 0.15) is 0 Å². The van der Waals surface area contributed by atoms with Gasteiger partial charge in [-0.15, -0.1) is 0 Å². The van der Waals surface area contributed by atoms with Gasteiger partial charge in [0.2, 0.25) is 0 Å². The summed E-state index contributed by atoms with van der Waals surface area (Å²) in [6.45, 7) is 1.35. The van der Waals surface area contributed by atoms with Crippen LogP contribution in [-0.4, -0.2) is 5.16 Å². The summed E-state index contributed by atoms with van der Waals surface area (Å²) in [5.74, 6) is 0.685. The van der Waals surface area contributed by atoms with Gasteiger partial charge in [-0.25, -0.2) is 0 Å². The van der Waals surface area contributed by atoms with E-state index in [2.05, 4.69) is 10.5 Å². The molecule has 0 atom stereocenters. The van der Waals surface area contributed by atoms with Gasteiger partial charge >= 0.3 is 0 Å². The Morgan fingerprint density at radius 2 is 2.07 bits per heavy atom. The summed E-state index contributed by atoms with van der Waals surface area (Å²) < 4.78 is 5.12. The van der Waals surface area contributed by atoms with Crippen LogP contribution in [0.1, 0.15) is 11.3 Å². The van der Waals surface area contributed by atoms with Crippen molar-refractivity contribution in [2.75, 3.05) is 0 Å². The van der Waals surface area contributed by atoms with Gasteiger partial charge in [-0.05, 0) is 11.1 Å². The summed E-state index contributed by atoms with van der Waals surface area (Å²) in [5.41, 5.74) is 2.60. The minimum atomic E-state index is -0.152. The second-order valence-corrected chi connectivity index (χ2v) is 3.59. The zero-order valence-corrected chi connectivity index (χ0v) is 8.04. The number of hydrogen-bond donors (Lipinski definition) is 2. The Bertz CT molecular complexity index is 554. The second-order valence-electron chi connectivity index (χ2n) is 3.59. The highest BCUT2D eigenvalue weighted by Gasteiger charge is 2.19. The molecule has 0 spiro atoms. The topological polar surface area (TPSA) is 58.0 Å². The molecule has 1 aromatic carbocycles. The molecule has 2 N–H and O–H groups in total. The summed E-state index contributed by atoms with van der Waals surface area (Å²) in [7, 11) is 0. The normalized spacial score (nSPS) is 14.1. The maximum Gasteiger partial charge on any atom is 0.288 e. The van der Waals surface area contributed by atoms with Crippen LogP contribution in [0.15, 0.2) is 33.6 Å². The highest BCUT2D eigenvalue weighted by Crippen LogP contribution is 2.26. The number of fused-ring (bicyclic) bond motifs is 3. The first-order valence-electron chi connectivity index (χ1n) is 4.85. The first kappa shape index (κ1) is 8.49. The van der Waals surface area contributed by atoms with Crippen LogP contribution in [0.25, 0.3) is 11.1 Å². The zero-order valence-electron chi connectivity index (χ0n) is 8.04. The molecule has 0 unspecified atom stereocenters. The van der Waals surface area contributed by atoms with Crippen molar-refractivity contribution in [3.8, 4) is 11.1 Å². The van der Waals surface area contributed by atoms with E-state index in [1.54, 1.807) is 0 Å². The van der Waals surface area contributed by atoms with Crippen LogP contribution in [0.2, 0.25) is 0 Å². The lowest BCUT2D eigenvalue weighted by atomic mass is 10.0. The van der Waals surface area contributed by atoms with Crippen molar-refractivity contribution in [1.82, 2.24) is 10.5 Å². The smallest absolute Gasteiger partial charge is 0.288 e. The fourth-order valence-corrected chi connectivity index (χ4v) is 1.96. The van der Waals surface area contributed by atoms with Gasteiger partial charge in [-0.2, -0.15) is 5.16 Å². The van der Waals surface area contributed by atoms with E-state index in [-0.39, 0.29) is 5.56 Å². The molecule has 3 rings (SSSR count). The number of aromatic nitrogens is 1. The third kappa shape index (κ3) is 1.22. The van der Waals surface area contributed by atoms with Crippen molar-refractivity contribution in [2.45, 2.75) is 13.1 Å². The summed E-state index contributed by atoms with van der Waals surface area (Å²) >= 11 is 0. The van der Waals surface area contributed by atoms with Crippen LogP contribution in [0.3, 0.4) is 0 Å². The average molecular weight is 202 g/mol. The zero-order chi connectivity index (χ0) is 10.3. The molecule has 1 aliphatic heterocycles. The number of nitrogens with one attached hydrogen (secondary N) is 2. The first-order chi connectivity index (χ1) is 7.36. The Balaban J connectivity index is 2.35. The largest absolute Gasteiger partial charge is 0.381 e. The first-order valence-corrected chi connectivity index (χ1v) is 4.85. The Morgan fingerprint density at radius 1 is 1.20 bits per heavy atom. The number of aromatic amines is 1. The predicted molar refractivity (Wildman–Crippen MR) is 55.3 cm³/mol. The molecule has 15 heavy (non-hydrogen) atoms. The SMILES string of the molecule is O=c1[nH]oc2c1-c1ccccc1CNC2. The van der Waals surface area contributed by atoms with Crippen molar-refractivity contribution < 1.29 is 4.52 Å². The van der Waals surface area contributed by atoms with Crippen molar-refractivity contribution in [2.24, 2.45) is 0 Å². The molecule has 0 aliphatic carbocycles. The van der Waals surface area contributed by atoms with Crippen molar-refractivity contribution in [3.05, 3.63) is 45.9 Å². The van der Waals surface area contributed by atoms with Crippen LogP contribution in [0, 0.1) is 0 Å². The van der Waals surface area contributed by atoms with Crippen LogP contribution >= 0.6 is 0 Å². The fourth-order valence-electron chi connectivity index (χ4n) is 1.96. The number of hydrogen-bond acceptors (Lipinski definition) is 3. The van der Waals surface area contributed by atoms with E-state index < -0.39 is 0 Å². The summed E-state index contributed by atoms with van der Waals surface area (Å²) in [6, 6.07) is 7.87. The lowest BCUT2D eigenvalue weighted by Gasteiger charge is -2.02. The third-order valence-electron chi connectivity index (χ3n) is 2.66. The van der Waals surface area contributed by atoms with Crippen molar-refractivity contribution >= 4 is 0 Å². The predicted octanol–water partition coefficient (Wildman–Crippen LogP) is 1.24. The van der Waals surface area contributed by atoms with Gasteiger partial charge in [0, 0.05) is 6.54 Å². The highest BCUT2D eigenvalue weighted by atomic mass is 16.5. The lowest BCUT2D eigenvalue weighted by Crippen LogP contribution is -2.10. The van der Waals surface area contributed by atoms with E-state index >= 15 is 0 Å². The van der Waals surface area contributed by atoms with Gasteiger partial charge in [0.05, 0.1) is 12.1 Å². The third-order valence-corrected chi connectivity index (χ3v) is 2.66. The maximum atomic E-state index is 11.6. The molecule has 0 saturated heterocycles. The van der Waals surface area contributed by atoms with Crippen molar-refractivity contribution in [1.29, 1.82) is 0 Å². The standard InChI is InChI=1S/C11H10N2O2/c14-11-10-8-4-2-1-3-7(8)5-12-6-9(10)15-13-11/h1-4,12H,5-6H2,(H,13,14). The molecular formula is C11H10N2O2. The minimum absolute atomic E-state index is 0.152. The van der Waals surface area contributed by atoms with Crippen LogP contribution in [0.4, 0.5) is 0 Å². The Labute approximate surface area is 85.9 Å². The molecule has 1 aromatic heterocycles. The van der Waals surface area contributed by atoms with Crippen LogP contribution in [0.5, 0.6) is 0 Å². The average Bonchev–Trinajstić information content (AvgIpc) is 2.52. The number of H-pyrrole nitrogens is 1. The van der Waals surface area contributed by atoms with E-state index in [9.17, 15) is 4.79 Å². The van der Waals surface area contributed by atoms with Gasteiger partial charge in [-0.3, -0.25) is 4.79 Å². The quantitative estimate of drug-likeness (QED) is 0.675. The Morgan fingerprint density at radius 3 is 3.00 bits per heavy atom. The molecule has 1 aliphatic rings. The van der Waals surface area contributed by atoms with E-state index in [0.717, 1.165) is 17.7 Å². The number of rotatable bonds is 0. The molecule has 4 nitrogen and oxygen atoms in total. The van der Waals surface area contributed by atoms with E-state index in [1.165, 1.54) is 0 Å². The molecule has 4 heteroatoms. The van der Waals surface area contributed by atoms with E-state index in [0.29, 0.717) is 17.9 Å². The van der Waals surface area contributed by atoms with Crippen molar-refractivity contribution in [3.63, 3.8) is 0 Å². The Kier molecular flexibility index (Phi) is 1.76. The maximum absolute atomic E-state index is 11.6. The van der Waals surface area contributed by atoms with Crippen LogP contribution < -0.4 is 10.9 Å². The molecule has 2 heterocycles.